The fourth-order valence-electron chi connectivity index (χ4n) is 6.93. The van der Waals surface area contributed by atoms with Crippen molar-refractivity contribution in [2.45, 2.75) is 43.9 Å². The highest BCUT2D eigenvalue weighted by atomic mass is 35.5. The van der Waals surface area contributed by atoms with Crippen molar-refractivity contribution in [1.29, 1.82) is 0 Å². The lowest BCUT2D eigenvalue weighted by atomic mass is 9.48. The number of aromatic carboxylic acids is 1. The second kappa shape index (κ2) is 8.27. The minimum Gasteiger partial charge on any atom is -0.476 e. The highest BCUT2D eigenvalue weighted by Crippen LogP contribution is 2.61. The standard InChI is InChI=1S/C27H27ClN4O2/c28-22-12-19(27-13-16-9-17(14-27)11-18(10-16)15-27)1-6-23(22)31-20-2-4-21(5-3-20)32-25-24(26(33)34)29-7-8-30-25/h1-8,12,16-18,31H,9-11,13-15H2,(H,30,32)(H,33,34). The first kappa shape index (κ1) is 21.4. The van der Waals surface area contributed by atoms with Crippen molar-refractivity contribution in [3.63, 3.8) is 0 Å². The molecule has 3 N–H and O–H groups in total. The second-order valence-electron chi connectivity index (χ2n) is 10.3. The molecule has 1 aromatic heterocycles. The number of nitrogens with zero attached hydrogens (tertiary/aromatic N) is 2. The van der Waals surface area contributed by atoms with Gasteiger partial charge in [0.15, 0.2) is 11.5 Å². The van der Waals surface area contributed by atoms with E-state index in [0.29, 0.717) is 5.41 Å². The van der Waals surface area contributed by atoms with Crippen molar-refractivity contribution in [3.05, 3.63) is 71.1 Å². The number of rotatable bonds is 6. The van der Waals surface area contributed by atoms with E-state index in [0.717, 1.165) is 39.8 Å². The minimum atomic E-state index is -1.12. The van der Waals surface area contributed by atoms with Crippen LogP contribution in [0.4, 0.5) is 22.9 Å². The Labute approximate surface area is 203 Å². The molecule has 6 nitrogen and oxygen atoms in total. The molecule has 0 unspecified atom stereocenters. The van der Waals surface area contributed by atoms with Gasteiger partial charge in [-0.05, 0) is 104 Å². The summed E-state index contributed by atoms with van der Waals surface area (Å²) in [5, 5.41) is 16.5. The maximum atomic E-state index is 11.3. The molecule has 34 heavy (non-hydrogen) atoms. The van der Waals surface area contributed by atoms with Crippen LogP contribution in [0.3, 0.4) is 0 Å². The van der Waals surface area contributed by atoms with Gasteiger partial charge >= 0.3 is 5.97 Å². The molecule has 0 radical (unpaired) electrons. The zero-order chi connectivity index (χ0) is 23.3. The van der Waals surface area contributed by atoms with Gasteiger partial charge in [0, 0.05) is 23.8 Å². The number of benzene rings is 2. The van der Waals surface area contributed by atoms with Gasteiger partial charge in [0.05, 0.1) is 10.7 Å². The SMILES string of the molecule is O=C(O)c1nccnc1Nc1ccc(Nc2ccc(C34CC5CC(CC(C5)C3)C4)cc2Cl)cc1. The smallest absolute Gasteiger partial charge is 0.358 e. The maximum Gasteiger partial charge on any atom is 0.358 e. The van der Waals surface area contributed by atoms with Crippen molar-refractivity contribution < 1.29 is 9.90 Å². The van der Waals surface area contributed by atoms with Crippen molar-refractivity contribution in [1.82, 2.24) is 9.97 Å². The van der Waals surface area contributed by atoms with Crippen LogP contribution >= 0.6 is 11.6 Å². The quantitative estimate of drug-likeness (QED) is 0.365. The van der Waals surface area contributed by atoms with E-state index in [1.54, 1.807) is 0 Å². The first-order valence-electron chi connectivity index (χ1n) is 12.0. The summed E-state index contributed by atoms with van der Waals surface area (Å²) in [6.45, 7) is 0. The normalized spacial score (nSPS) is 26.9. The van der Waals surface area contributed by atoms with Gasteiger partial charge < -0.3 is 15.7 Å². The zero-order valence-electron chi connectivity index (χ0n) is 18.8. The van der Waals surface area contributed by atoms with E-state index >= 15 is 0 Å². The van der Waals surface area contributed by atoms with Gasteiger partial charge in [0.25, 0.3) is 0 Å². The predicted molar refractivity (Wildman–Crippen MR) is 133 cm³/mol. The average molecular weight is 475 g/mol. The number of carboxylic acid groups (broad SMARTS) is 1. The molecule has 4 aliphatic rings. The van der Waals surface area contributed by atoms with E-state index < -0.39 is 5.97 Å². The first-order valence-corrected chi connectivity index (χ1v) is 12.3. The number of carboxylic acids is 1. The molecule has 174 valence electrons. The molecule has 2 aromatic carbocycles. The summed E-state index contributed by atoms with van der Waals surface area (Å²) < 4.78 is 0. The summed E-state index contributed by atoms with van der Waals surface area (Å²) in [7, 11) is 0. The molecular weight excluding hydrogens is 448 g/mol. The minimum absolute atomic E-state index is 0.115. The van der Waals surface area contributed by atoms with E-state index in [1.807, 2.05) is 24.3 Å². The van der Waals surface area contributed by atoms with E-state index in [9.17, 15) is 9.90 Å². The van der Waals surface area contributed by atoms with E-state index in [-0.39, 0.29) is 11.5 Å². The monoisotopic (exact) mass is 474 g/mol. The van der Waals surface area contributed by atoms with Crippen LogP contribution < -0.4 is 10.6 Å². The van der Waals surface area contributed by atoms with Crippen molar-refractivity contribution in [2.75, 3.05) is 10.6 Å². The maximum absolute atomic E-state index is 11.3. The van der Waals surface area contributed by atoms with Crippen LogP contribution in [0.15, 0.2) is 54.9 Å². The van der Waals surface area contributed by atoms with Gasteiger partial charge in [0.2, 0.25) is 0 Å². The van der Waals surface area contributed by atoms with Crippen LogP contribution in [0.25, 0.3) is 0 Å². The van der Waals surface area contributed by atoms with Crippen molar-refractivity contribution in [2.24, 2.45) is 17.8 Å². The topological polar surface area (TPSA) is 87.1 Å². The van der Waals surface area contributed by atoms with Crippen LogP contribution in [0.5, 0.6) is 0 Å². The molecule has 7 rings (SSSR count). The Kier molecular flexibility index (Phi) is 5.21. The molecule has 0 spiro atoms. The second-order valence-corrected chi connectivity index (χ2v) is 10.7. The highest BCUT2D eigenvalue weighted by Gasteiger charge is 2.51. The summed E-state index contributed by atoms with van der Waals surface area (Å²) in [6, 6.07) is 14.1. The van der Waals surface area contributed by atoms with Gasteiger partial charge in [-0.1, -0.05) is 17.7 Å². The largest absolute Gasteiger partial charge is 0.476 e. The molecule has 0 amide bonds. The molecule has 4 bridgehead atoms. The summed E-state index contributed by atoms with van der Waals surface area (Å²) in [5.74, 6) is 1.80. The summed E-state index contributed by atoms with van der Waals surface area (Å²) in [5.41, 5.74) is 4.14. The van der Waals surface area contributed by atoms with Gasteiger partial charge in [0.1, 0.15) is 0 Å². The zero-order valence-corrected chi connectivity index (χ0v) is 19.6. The number of carbonyl (C=O) groups is 1. The fourth-order valence-corrected chi connectivity index (χ4v) is 7.15. The van der Waals surface area contributed by atoms with E-state index in [2.05, 4.69) is 38.8 Å². The highest BCUT2D eigenvalue weighted by molar-refractivity contribution is 6.33. The lowest BCUT2D eigenvalue weighted by Gasteiger charge is -2.57. The molecule has 0 atom stereocenters. The molecule has 1 heterocycles. The van der Waals surface area contributed by atoms with Crippen LogP contribution in [0.2, 0.25) is 5.02 Å². The Hall–Kier alpha value is -3.12. The predicted octanol–water partition coefficient (Wildman–Crippen LogP) is 6.78. The molecule has 0 aliphatic heterocycles. The molecule has 4 fully saturated rings. The summed E-state index contributed by atoms with van der Waals surface area (Å²) in [4.78, 5) is 19.3. The lowest BCUT2D eigenvalue weighted by molar-refractivity contribution is -0.00518. The molecule has 3 aromatic rings. The Bertz CT molecular complexity index is 1210. The number of nitrogens with one attached hydrogen (secondary N) is 2. The third-order valence-electron chi connectivity index (χ3n) is 7.95. The van der Waals surface area contributed by atoms with Gasteiger partial charge in [-0.2, -0.15) is 0 Å². The number of anilines is 4. The first-order chi connectivity index (χ1) is 16.5. The van der Waals surface area contributed by atoms with E-state index in [4.69, 9.17) is 11.6 Å². The Morgan fingerprint density at radius 2 is 1.47 bits per heavy atom. The van der Waals surface area contributed by atoms with Crippen LogP contribution in [0.1, 0.15) is 54.6 Å². The Balaban J connectivity index is 1.17. The molecule has 4 saturated carbocycles. The molecule has 0 saturated heterocycles. The lowest BCUT2D eigenvalue weighted by Crippen LogP contribution is -2.48. The van der Waals surface area contributed by atoms with Gasteiger partial charge in [-0.25, -0.2) is 14.8 Å². The van der Waals surface area contributed by atoms with E-state index in [1.165, 1.54) is 56.5 Å². The number of hydrogen-bond donors (Lipinski definition) is 3. The number of hydrogen-bond acceptors (Lipinski definition) is 5. The Morgan fingerprint density at radius 1 is 0.882 bits per heavy atom. The van der Waals surface area contributed by atoms with Crippen LogP contribution in [-0.4, -0.2) is 21.0 Å². The van der Waals surface area contributed by atoms with Gasteiger partial charge in [-0.15, -0.1) is 0 Å². The molecule has 4 aliphatic carbocycles. The third kappa shape index (κ3) is 3.90. The number of halogens is 1. The molecular formula is C27H27ClN4O2. The van der Waals surface area contributed by atoms with Crippen LogP contribution in [0, 0.1) is 17.8 Å². The third-order valence-corrected chi connectivity index (χ3v) is 8.26. The number of aromatic nitrogens is 2. The van der Waals surface area contributed by atoms with Crippen molar-refractivity contribution in [3.8, 4) is 0 Å². The summed E-state index contributed by atoms with van der Waals surface area (Å²) in [6.07, 6.45) is 11.1. The fraction of sp³-hybridized carbons (Fsp3) is 0.370. The summed E-state index contributed by atoms with van der Waals surface area (Å²) >= 11 is 6.76. The Morgan fingerprint density at radius 3 is 2.06 bits per heavy atom. The average Bonchev–Trinajstić information content (AvgIpc) is 2.81. The van der Waals surface area contributed by atoms with Gasteiger partial charge in [-0.3, -0.25) is 0 Å². The van der Waals surface area contributed by atoms with Crippen molar-refractivity contribution >= 4 is 40.5 Å². The van der Waals surface area contributed by atoms with Crippen LogP contribution in [-0.2, 0) is 5.41 Å². The molecule has 7 heteroatoms.